The number of methoxy groups -OCH3 is 1. The number of carbonyl (C=O) groups is 2. The second-order valence-electron chi connectivity index (χ2n) is 5.73. The predicted molar refractivity (Wildman–Crippen MR) is 91.5 cm³/mol. The molecule has 0 radical (unpaired) electrons. The van der Waals surface area contributed by atoms with E-state index in [9.17, 15) is 9.59 Å². The average molecular weight is 320 g/mol. The fourth-order valence-electron chi connectivity index (χ4n) is 2.17. The number of hydrogen-bond donors (Lipinski definition) is 1. The van der Waals surface area contributed by atoms with Crippen LogP contribution in [0.4, 0.5) is 0 Å². The zero-order chi connectivity index (χ0) is 17.2. The van der Waals surface area contributed by atoms with Crippen molar-refractivity contribution in [2.45, 2.75) is 46.1 Å². The van der Waals surface area contributed by atoms with Crippen molar-refractivity contribution in [2.75, 3.05) is 20.2 Å². The molecular weight excluding hydrogens is 292 g/mol. The zero-order valence-electron chi connectivity index (χ0n) is 14.6. The Balaban J connectivity index is 2.45. The number of nitrogens with one attached hydrogen (secondary N) is 1. The van der Waals surface area contributed by atoms with Gasteiger partial charge in [-0.15, -0.1) is 0 Å². The van der Waals surface area contributed by atoms with E-state index in [0.29, 0.717) is 19.5 Å². The number of hydrogen-bond acceptors (Lipinski definition) is 3. The average Bonchev–Trinajstić information content (AvgIpc) is 2.54. The summed E-state index contributed by atoms with van der Waals surface area (Å²) < 4.78 is 5.13. The zero-order valence-corrected chi connectivity index (χ0v) is 14.6. The Morgan fingerprint density at radius 3 is 2.39 bits per heavy atom. The number of ether oxygens (including phenoxy) is 1. The molecule has 0 saturated heterocycles. The summed E-state index contributed by atoms with van der Waals surface area (Å²) in [5.41, 5.74) is 1.14. The molecule has 128 valence electrons. The van der Waals surface area contributed by atoms with Crippen LogP contribution in [0.5, 0.6) is 5.75 Å². The molecule has 0 fully saturated rings. The van der Waals surface area contributed by atoms with Crippen molar-refractivity contribution in [3.05, 3.63) is 29.8 Å². The van der Waals surface area contributed by atoms with Gasteiger partial charge in [-0.2, -0.15) is 0 Å². The van der Waals surface area contributed by atoms with Gasteiger partial charge < -0.3 is 15.0 Å². The Morgan fingerprint density at radius 2 is 1.87 bits per heavy atom. The Kier molecular flexibility index (Phi) is 8.16. The number of carbonyl (C=O) groups excluding carboxylic acids is 2. The lowest BCUT2D eigenvalue weighted by Crippen LogP contribution is -2.37. The third kappa shape index (κ3) is 7.17. The van der Waals surface area contributed by atoms with Crippen LogP contribution in [0, 0.1) is 0 Å². The molecular formula is C18H28N2O3. The van der Waals surface area contributed by atoms with E-state index in [4.69, 9.17) is 4.74 Å². The van der Waals surface area contributed by atoms with Crippen molar-refractivity contribution < 1.29 is 14.3 Å². The molecule has 0 aromatic heterocycles. The van der Waals surface area contributed by atoms with Crippen molar-refractivity contribution in [3.63, 3.8) is 0 Å². The summed E-state index contributed by atoms with van der Waals surface area (Å²) in [5, 5.41) is 2.92. The molecule has 23 heavy (non-hydrogen) atoms. The molecule has 1 rings (SSSR count). The van der Waals surface area contributed by atoms with Crippen molar-refractivity contribution in [1.82, 2.24) is 10.2 Å². The van der Waals surface area contributed by atoms with E-state index in [2.05, 4.69) is 5.32 Å². The van der Waals surface area contributed by atoms with Crippen molar-refractivity contribution >= 4 is 11.8 Å². The Hall–Kier alpha value is -2.04. The largest absolute Gasteiger partial charge is 0.497 e. The van der Waals surface area contributed by atoms with Gasteiger partial charge >= 0.3 is 0 Å². The molecule has 1 aromatic carbocycles. The molecule has 1 atom stereocenters. The molecule has 0 aliphatic carbocycles. The minimum Gasteiger partial charge on any atom is -0.497 e. The Labute approximate surface area is 139 Å². The van der Waals surface area contributed by atoms with Crippen LogP contribution < -0.4 is 10.1 Å². The van der Waals surface area contributed by atoms with Gasteiger partial charge in [0.2, 0.25) is 11.8 Å². The molecule has 0 aliphatic rings. The SMILES string of the molecule is CCC(C)NC(=O)CCN(CCc1ccc(OC)cc1)C(C)=O. The van der Waals surface area contributed by atoms with Gasteiger partial charge in [0.1, 0.15) is 5.75 Å². The second kappa shape index (κ2) is 9.87. The fourth-order valence-corrected chi connectivity index (χ4v) is 2.17. The van der Waals surface area contributed by atoms with E-state index >= 15 is 0 Å². The smallest absolute Gasteiger partial charge is 0.221 e. The first-order chi connectivity index (χ1) is 11.0. The highest BCUT2D eigenvalue weighted by Gasteiger charge is 2.12. The van der Waals surface area contributed by atoms with Crippen LogP contribution in [0.25, 0.3) is 0 Å². The Morgan fingerprint density at radius 1 is 1.22 bits per heavy atom. The molecule has 0 spiro atoms. The standard InChI is InChI=1S/C18H28N2O3/c1-5-14(2)19-18(22)11-13-20(15(3)21)12-10-16-6-8-17(23-4)9-7-16/h6-9,14H,5,10-13H2,1-4H3,(H,19,22). The topological polar surface area (TPSA) is 58.6 Å². The lowest BCUT2D eigenvalue weighted by atomic mass is 10.1. The van der Waals surface area contributed by atoms with Crippen molar-refractivity contribution in [3.8, 4) is 5.75 Å². The lowest BCUT2D eigenvalue weighted by molar-refractivity contribution is -0.129. The maximum atomic E-state index is 11.8. The van der Waals surface area contributed by atoms with E-state index in [0.717, 1.165) is 24.2 Å². The second-order valence-corrected chi connectivity index (χ2v) is 5.73. The molecule has 0 saturated carbocycles. The van der Waals surface area contributed by atoms with Gasteiger partial charge in [0.25, 0.3) is 0 Å². The van der Waals surface area contributed by atoms with Gasteiger partial charge in [-0.3, -0.25) is 9.59 Å². The van der Waals surface area contributed by atoms with Gasteiger partial charge in [0.05, 0.1) is 7.11 Å². The van der Waals surface area contributed by atoms with E-state index < -0.39 is 0 Å². The van der Waals surface area contributed by atoms with Crippen LogP contribution >= 0.6 is 0 Å². The summed E-state index contributed by atoms with van der Waals surface area (Å²) >= 11 is 0. The normalized spacial score (nSPS) is 11.7. The summed E-state index contributed by atoms with van der Waals surface area (Å²) in [6.45, 7) is 6.61. The van der Waals surface area contributed by atoms with Crippen LogP contribution in [0.3, 0.4) is 0 Å². The summed E-state index contributed by atoms with van der Waals surface area (Å²) in [7, 11) is 1.64. The fraction of sp³-hybridized carbons (Fsp3) is 0.556. The van der Waals surface area contributed by atoms with Gasteiger partial charge in [-0.25, -0.2) is 0 Å². The van der Waals surface area contributed by atoms with E-state index in [1.807, 2.05) is 38.1 Å². The molecule has 1 unspecified atom stereocenters. The van der Waals surface area contributed by atoms with E-state index in [-0.39, 0.29) is 17.9 Å². The number of benzene rings is 1. The molecule has 0 heterocycles. The lowest BCUT2D eigenvalue weighted by Gasteiger charge is -2.21. The first kappa shape index (κ1) is 19.0. The minimum absolute atomic E-state index is 0.00459. The van der Waals surface area contributed by atoms with Crippen LogP contribution in [-0.4, -0.2) is 43.0 Å². The molecule has 1 aromatic rings. The van der Waals surface area contributed by atoms with Gasteiger partial charge in [-0.05, 0) is 37.5 Å². The van der Waals surface area contributed by atoms with E-state index in [1.165, 1.54) is 0 Å². The molecule has 2 amide bonds. The Bertz CT molecular complexity index is 499. The molecule has 5 heteroatoms. The third-order valence-corrected chi connectivity index (χ3v) is 3.90. The summed E-state index contributed by atoms with van der Waals surface area (Å²) in [5.74, 6) is 0.809. The third-order valence-electron chi connectivity index (χ3n) is 3.90. The highest BCUT2D eigenvalue weighted by molar-refractivity contribution is 5.78. The summed E-state index contributed by atoms with van der Waals surface area (Å²) in [6, 6.07) is 7.98. The monoisotopic (exact) mass is 320 g/mol. The van der Waals surface area contributed by atoms with Gasteiger partial charge in [0.15, 0.2) is 0 Å². The molecule has 0 bridgehead atoms. The van der Waals surface area contributed by atoms with Crippen LogP contribution in [0.15, 0.2) is 24.3 Å². The highest BCUT2D eigenvalue weighted by Crippen LogP contribution is 2.12. The predicted octanol–water partition coefficient (Wildman–Crippen LogP) is 2.39. The number of rotatable bonds is 9. The first-order valence-electron chi connectivity index (χ1n) is 8.14. The van der Waals surface area contributed by atoms with Crippen LogP contribution in [0.1, 0.15) is 39.2 Å². The maximum Gasteiger partial charge on any atom is 0.221 e. The number of nitrogens with zero attached hydrogens (tertiary/aromatic N) is 1. The molecule has 5 nitrogen and oxygen atoms in total. The quantitative estimate of drug-likeness (QED) is 0.760. The van der Waals surface area contributed by atoms with Crippen molar-refractivity contribution in [2.24, 2.45) is 0 Å². The first-order valence-corrected chi connectivity index (χ1v) is 8.14. The van der Waals surface area contributed by atoms with Crippen LogP contribution in [-0.2, 0) is 16.0 Å². The molecule has 0 aliphatic heterocycles. The summed E-state index contributed by atoms with van der Waals surface area (Å²) in [6.07, 6.45) is 2.00. The summed E-state index contributed by atoms with van der Waals surface area (Å²) in [4.78, 5) is 25.3. The van der Waals surface area contributed by atoms with Gasteiger partial charge in [-0.1, -0.05) is 19.1 Å². The van der Waals surface area contributed by atoms with E-state index in [1.54, 1.807) is 18.9 Å². The maximum absolute atomic E-state index is 11.8. The van der Waals surface area contributed by atoms with Crippen molar-refractivity contribution in [1.29, 1.82) is 0 Å². The minimum atomic E-state index is -0.00477. The van der Waals surface area contributed by atoms with Gasteiger partial charge in [0, 0.05) is 32.5 Å². The molecule has 1 N–H and O–H groups in total. The highest BCUT2D eigenvalue weighted by atomic mass is 16.5. The number of amides is 2. The van der Waals surface area contributed by atoms with Crippen LogP contribution in [0.2, 0.25) is 0 Å².